The van der Waals surface area contributed by atoms with Crippen molar-refractivity contribution in [2.45, 2.75) is 25.3 Å². The molecule has 5 heterocycles. The summed E-state index contributed by atoms with van der Waals surface area (Å²) >= 11 is 0. The van der Waals surface area contributed by atoms with Crippen molar-refractivity contribution in [2.24, 2.45) is 0 Å². The van der Waals surface area contributed by atoms with Crippen LogP contribution < -0.4 is 11.4 Å². The number of H-pyrrole nitrogens is 4. The van der Waals surface area contributed by atoms with Crippen molar-refractivity contribution in [1.29, 1.82) is 0 Å². The van der Waals surface area contributed by atoms with E-state index in [1.165, 1.54) is 0 Å². The van der Waals surface area contributed by atoms with Gasteiger partial charge in [0, 0.05) is 24.7 Å². The van der Waals surface area contributed by atoms with Crippen LogP contribution in [0.25, 0.3) is 22.1 Å². The van der Waals surface area contributed by atoms with Crippen LogP contribution in [0.4, 0.5) is 0 Å². The molecule has 0 bridgehead atoms. The predicted octanol–water partition coefficient (Wildman–Crippen LogP) is 0.334. The lowest BCUT2D eigenvalue weighted by Crippen LogP contribution is -2.43. The number of imidazole rings is 2. The van der Waals surface area contributed by atoms with Crippen LogP contribution in [0.2, 0.25) is 0 Å². The van der Waals surface area contributed by atoms with E-state index in [0.29, 0.717) is 24.3 Å². The number of aromatic amines is 4. The molecule has 11 heteroatoms. The van der Waals surface area contributed by atoms with Gasteiger partial charge in [-0.3, -0.25) is 14.3 Å². The second-order valence-electron chi connectivity index (χ2n) is 7.28. The molecular weight excluding hydrogens is 378 g/mol. The summed E-state index contributed by atoms with van der Waals surface area (Å²) in [6.07, 6.45) is 4.79. The molecule has 1 fully saturated rings. The minimum atomic E-state index is -0.559. The van der Waals surface area contributed by atoms with Crippen molar-refractivity contribution in [3.63, 3.8) is 0 Å². The number of aromatic nitrogens is 6. The Bertz CT molecular complexity index is 1340. The van der Waals surface area contributed by atoms with Crippen LogP contribution in [-0.4, -0.2) is 58.5 Å². The molecule has 5 N–H and O–H groups in total. The van der Waals surface area contributed by atoms with Crippen LogP contribution >= 0.6 is 0 Å². The number of rotatable bonds is 3. The number of hydrogen-bond acceptors (Lipinski definition) is 5. The molecule has 1 aliphatic rings. The lowest BCUT2D eigenvalue weighted by atomic mass is 10.0. The van der Waals surface area contributed by atoms with Gasteiger partial charge < -0.3 is 25.0 Å². The molecule has 0 spiro atoms. The normalized spacial score (nSPS) is 17.4. The fraction of sp³-hybridized carbons (Fsp3) is 0.333. The van der Waals surface area contributed by atoms with Gasteiger partial charge in [-0.05, 0) is 18.9 Å². The van der Waals surface area contributed by atoms with E-state index in [1.807, 2.05) is 6.07 Å². The smallest absolute Gasteiger partial charge is 0.326 e. The zero-order chi connectivity index (χ0) is 20.1. The highest BCUT2D eigenvalue weighted by Crippen LogP contribution is 2.28. The molecule has 5 rings (SSSR count). The van der Waals surface area contributed by atoms with E-state index >= 15 is 0 Å². The van der Waals surface area contributed by atoms with E-state index in [0.717, 1.165) is 23.7 Å². The Balaban J connectivity index is 1.47. The molecule has 11 nitrogen and oxygen atoms in total. The number of amides is 1. The molecule has 0 aromatic carbocycles. The lowest BCUT2D eigenvalue weighted by Gasteiger charge is -2.33. The molecule has 0 radical (unpaired) electrons. The van der Waals surface area contributed by atoms with Crippen LogP contribution in [0.1, 0.15) is 24.6 Å². The summed E-state index contributed by atoms with van der Waals surface area (Å²) in [5.41, 5.74) is 1.49. The Labute approximate surface area is 162 Å². The Morgan fingerprint density at radius 2 is 2.14 bits per heavy atom. The van der Waals surface area contributed by atoms with Gasteiger partial charge in [-0.25, -0.2) is 14.6 Å². The molecular formula is C18H19N7O4. The van der Waals surface area contributed by atoms with E-state index in [4.69, 9.17) is 0 Å². The van der Waals surface area contributed by atoms with E-state index < -0.39 is 5.69 Å². The molecule has 1 aliphatic heterocycles. The van der Waals surface area contributed by atoms with Crippen molar-refractivity contribution < 1.29 is 9.90 Å². The zero-order valence-electron chi connectivity index (χ0n) is 15.4. The van der Waals surface area contributed by atoms with Crippen LogP contribution in [-0.2, 0) is 11.2 Å². The summed E-state index contributed by atoms with van der Waals surface area (Å²) in [6, 6.07) is 1.69. The topological polar surface area (TPSA) is 156 Å². The van der Waals surface area contributed by atoms with Crippen molar-refractivity contribution in [2.75, 3.05) is 13.1 Å². The third kappa shape index (κ3) is 2.82. The summed E-state index contributed by atoms with van der Waals surface area (Å²) in [5.74, 6) is -0.547. The highest BCUT2D eigenvalue weighted by atomic mass is 16.3. The molecule has 4 aromatic rings. The van der Waals surface area contributed by atoms with Crippen molar-refractivity contribution in [3.05, 3.63) is 45.1 Å². The second-order valence-corrected chi connectivity index (χ2v) is 7.28. The summed E-state index contributed by atoms with van der Waals surface area (Å²) < 4.78 is 1.71. The fourth-order valence-electron chi connectivity index (χ4n) is 4.16. The molecule has 1 atom stereocenters. The van der Waals surface area contributed by atoms with Gasteiger partial charge in [-0.15, -0.1) is 0 Å². The number of nitrogens with one attached hydrogen (secondary N) is 4. The number of nitrogens with zero attached hydrogens (tertiary/aromatic N) is 3. The largest absolute Gasteiger partial charge is 0.493 e. The van der Waals surface area contributed by atoms with E-state index in [2.05, 4.69) is 24.9 Å². The van der Waals surface area contributed by atoms with E-state index in [-0.39, 0.29) is 35.6 Å². The highest BCUT2D eigenvalue weighted by Gasteiger charge is 2.28. The lowest BCUT2D eigenvalue weighted by molar-refractivity contribution is -0.132. The summed E-state index contributed by atoms with van der Waals surface area (Å²) in [6.45, 7) is 0.929. The Kier molecular flexibility index (Phi) is 3.83. The van der Waals surface area contributed by atoms with Gasteiger partial charge in [-0.2, -0.15) is 0 Å². The number of hydrogen-bond donors (Lipinski definition) is 5. The average Bonchev–Trinajstić information content (AvgIpc) is 3.38. The van der Waals surface area contributed by atoms with Crippen molar-refractivity contribution >= 4 is 28.0 Å². The first-order valence-corrected chi connectivity index (χ1v) is 9.35. The first kappa shape index (κ1) is 17.3. The monoisotopic (exact) mass is 397 g/mol. The van der Waals surface area contributed by atoms with Gasteiger partial charge in [0.1, 0.15) is 5.65 Å². The number of likely N-dealkylation sites (tertiary alicyclic amines) is 1. The van der Waals surface area contributed by atoms with Gasteiger partial charge in [0.25, 0.3) is 0 Å². The summed E-state index contributed by atoms with van der Waals surface area (Å²) in [5, 5.41) is 10.5. The van der Waals surface area contributed by atoms with Crippen LogP contribution in [0.3, 0.4) is 0 Å². The number of aromatic hydroxyl groups is 1. The van der Waals surface area contributed by atoms with Crippen molar-refractivity contribution in [1.82, 2.24) is 34.4 Å². The maximum atomic E-state index is 12.7. The third-order valence-corrected chi connectivity index (χ3v) is 5.48. The predicted molar refractivity (Wildman–Crippen MR) is 104 cm³/mol. The van der Waals surface area contributed by atoms with Gasteiger partial charge >= 0.3 is 11.4 Å². The van der Waals surface area contributed by atoms with Gasteiger partial charge in [0.15, 0.2) is 0 Å². The SMILES string of the molecule is O=C(Cc1[nH]c(=O)[nH]c1O)N1CCC[C@@H](n2c(=O)[nH]c3cnc4[nH]ccc4c32)C1. The summed E-state index contributed by atoms with van der Waals surface area (Å²) in [7, 11) is 0. The van der Waals surface area contributed by atoms with Crippen molar-refractivity contribution in [3.8, 4) is 5.88 Å². The molecule has 150 valence electrons. The first-order valence-electron chi connectivity index (χ1n) is 9.35. The van der Waals surface area contributed by atoms with Crippen LogP contribution in [0.15, 0.2) is 28.0 Å². The molecule has 29 heavy (non-hydrogen) atoms. The van der Waals surface area contributed by atoms with E-state index in [1.54, 1.807) is 21.9 Å². The number of carbonyl (C=O) groups is 1. The van der Waals surface area contributed by atoms with Gasteiger partial charge in [0.05, 0.1) is 35.4 Å². The van der Waals surface area contributed by atoms with Gasteiger partial charge in [-0.1, -0.05) is 0 Å². The average molecular weight is 397 g/mol. The maximum absolute atomic E-state index is 12.7. The number of fused-ring (bicyclic) bond motifs is 3. The molecule has 0 saturated carbocycles. The third-order valence-electron chi connectivity index (χ3n) is 5.48. The molecule has 1 saturated heterocycles. The second kappa shape index (κ2) is 6.40. The highest BCUT2D eigenvalue weighted by molar-refractivity contribution is 6.00. The molecule has 1 amide bonds. The molecule has 0 unspecified atom stereocenters. The molecule has 0 aliphatic carbocycles. The fourth-order valence-corrected chi connectivity index (χ4v) is 4.16. The minimum Gasteiger partial charge on any atom is -0.493 e. The minimum absolute atomic E-state index is 0.119. The summed E-state index contributed by atoms with van der Waals surface area (Å²) in [4.78, 5) is 53.2. The molecule has 4 aromatic heterocycles. The zero-order valence-corrected chi connectivity index (χ0v) is 15.4. The van der Waals surface area contributed by atoms with E-state index in [9.17, 15) is 19.5 Å². The number of pyridine rings is 1. The quantitative estimate of drug-likeness (QED) is 0.337. The van der Waals surface area contributed by atoms with Gasteiger partial charge in [0.2, 0.25) is 11.8 Å². The van der Waals surface area contributed by atoms with Crippen LogP contribution in [0, 0.1) is 0 Å². The standard InChI is InChI=1S/C18H19N7O4/c26-13(6-11-16(27)23-17(28)21-11)24-5-1-2-9(8-24)25-14-10-3-4-19-15(10)20-7-12(14)22-18(25)29/h3-4,7,9,27H,1-2,5-6,8H2,(H,19,20)(H,22,29)(H2,21,23,28)/t9-/m1/s1. The first-order chi connectivity index (χ1) is 14.0. The maximum Gasteiger partial charge on any atom is 0.326 e. The Hall–Kier alpha value is -3.76. The number of carbonyl (C=O) groups excluding carboxylic acids is 1. The Morgan fingerprint density at radius 3 is 2.93 bits per heavy atom. The Morgan fingerprint density at radius 1 is 1.28 bits per heavy atom. The van der Waals surface area contributed by atoms with Crippen LogP contribution in [0.5, 0.6) is 5.88 Å². The number of piperidine rings is 1.